The highest BCUT2D eigenvalue weighted by Crippen LogP contribution is 2.33. The first-order chi connectivity index (χ1) is 11.2. The monoisotopic (exact) mass is 339 g/mol. The number of carbonyl (C=O) groups excluding carboxylic acids is 2. The summed E-state index contributed by atoms with van der Waals surface area (Å²) < 4.78 is 28.2. The van der Waals surface area contributed by atoms with Crippen molar-refractivity contribution in [3.05, 3.63) is 23.4 Å². The number of nitrogens with one attached hydrogen (secondary N) is 1. The number of primary amides is 1. The van der Waals surface area contributed by atoms with Crippen LogP contribution in [0.5, 0.6) is 0 Å². The number of fused-ring (bicyclic) bond motifs is 1. The Kier molecular flexibility index (Phi) is 3.57. The van der Waals surface area contributed by atoms with Gasteiger partial charge in [-0.1, -0.05) is 0 Å². The molecule has 0 aromatic carbocycles. The lowest BCUT2D eigenvalue weighted by atomic mass is 10.0. The van der Waals surface area contributed by atoms with Crippen molar-refractivity contribution in [3.63, 3.8) is 0 Å². The molecule has 24 heavy (non-hydrogen) atoms. The van der Waals surface area contributed by atoms with Gasteiger partial charge in [-0.25, -0.2) is 9.67 Å². The van der Waals surface area contributed by atoms with Crippen molar-refractivity contribution in [2.45, 2.75) is 31.7 Å². The second-order valence-electron chi connectivity index (χ2n) is 5.65. The summed E-state index contributed by atoms with van der Waals surface area (Å²) in [6, 6.07) is 1.19. The number of hydrogen-bond donors (Lipinski definition) is 2. The van der Waals surface area contributed by atoms with E-state index in [4.69, 9.17) is 5.73 Å². The summed E-state index contributed by atoms with van der Waals surface area (Å²) in [5.41, 5.74) is 4.70. The molecule has 2 aromatic heterocycles. The molecule has 0 aliphatic carbocycles. The van der Waals surface area contributed by atoms with Crippen LogP contribution in [0.3, 0.4) is 0 Å². The summed E-state index contributed by atoms with van der Waals surface area (Å²) in [4.78, 5) is 28.9. The number of hydrogen-bond acceptors (Lipinski definition) is 5. The number of anilines is 1. The van der Waals surface area contributed by atoms with Crippen molar-refractivity contribution in [3.8, 4) is 0 Å². The SMILES string of the molecule is CN1C(=O)C(c2nc(C(N)=O)n[nH]2)CCn2nc(C(C)(F)F)cc21. The van der Waals surface area contributed by atoms with Crippen LogP contribution in [0.4, 0.5) is 14.6 Å². The molecule has 0 saturated heterocycles. The third-order valence-corrected chi connectivity index (χ3v) is 3.86. The summed E-state index contributed by atoms with van der Waals surface area (Å²) in [6.07, 6.45) is 0.264. The molecule has 1 aliphatic heterocycles. The fourth-order valence-corrected chi connectivity index (χ4v) is 2.57. The van der Waals surface area contributed by atoms with Gasteiger partial charge >= 0.3 is 0 Å². The Hall–Kier alpha value is -2.85. The quantitative estimate of drug-likeness (QED) is 0.836. The largest absolute Gasteiger partial charge is 0.363 e. The minimum atomic E-state index is -3.09. The second-order valence-corrected chi connectivity index (χ2v) is 5.65. The van der Waals surface area contributed by atoms with Gasteiger partial charge in [0.25, 0.3) is 11.8 Å². The van der Waals surface area contributed by atoms with Gasteiger partial charge in [-0.2, -0.15) is 13.9 Å². The van der Waals surface area contributed by atoms with E-state index in [1.165, 1.54) is 22.7 Å². The molecule has 11 heteroatoms. The molecule has 1 unspecified atom stereocenters. The predicted octanol–water partition coefficient (Wildman–Crippen LogP) is 0.362. The number of aromatic amines is 1. The number of aryl methyl sites for hydroxylation is 1. The highest BCUT2D eigenvalue weighted by molar-refractivity contribution is 5.97. The molecule has 0 bridgehead atoms. The molecule has 3 heterocycles. The fourth-order valence-electron chi connectivity index (χ4n) is 2.57. The number of likely N-dealkylation sites (N-methyl/N-ethyl adjacent to an activating group) is 1. The number of halogens is 2. The molecule has 3 rings (SSSR count). The van der Waals surface area contributed by atoms with Crippen LogP contribution in [-0.2, 0) is 17.3 Å². The molecule has 1 aliphatic rings. The summed E-state index contributed by atoms with van der Waals surface area (Å²) in [5.74, 6) is -4.72. The van der Waals surface area contributed by atoms with Crippen molar-refractivity contribution < 1.29 is 18.4 Å². The number of amides is 2. The number of nitrogens with zero attached hydrogens (tertiary/aromatic N) is 5. The smallest absolute Gasteiger partial charge is 0.288 e. The van der Waals surface area contributed by atoms with Crippen molar-refractivity contribution in [1.29, 1.82) is 0 Å². The third-order valence-electron chi connectivity index (χ3n) is 3.86. The average Bonchev–Trinajstić information content (AvgIpc) is 3.10. The lowest BCUT2D eigenvalue weighted by molar-refractivity contribution is -0.119. The highest BCUT2D eigenvalue weighted by atomic mass is 19.3. The second kappa shape index (κ2) is 5.35. The predicted molar refractivity (Wildman–Crippen MR) is 77.5 cm³/mol. The molecule has 3 N–H and O–H groups in total. The normalized spacial score (nSPS) is 18.4. The topological polar surface area (TPSA) is 123 Å². The van der Waals surface area contributed by atoms with Crippen LogP contribution in [0, 0.1) is 0 Å². The van der Waals surface area contributed by atoms with Gasteiger partial charge in [0.15, 0.2) is 0 Å². The molecule has 2 aromatic rings. The standard InChI is InChI=1S/C13H15F2N7O2/c1-13(14,15)7-5-8-21(2)12(24)6(3-4-22(8)20-7)10-17-11(9(16)23)19-18-10/h5-6H,3-4H2,1-2H3,(H2,16,23)(H,17,18,19). The van der Waals surface area contributed by atoms with Gasteiger partial charge in [-0.05, 0) is 6.42 Å². The van der Waals surface area contributed by atoms with Crippen LogP contribution >= 0.6 is 0 Å². The molecule has 9 nitrogen and oxygen atoms in total. The lowest BCUT2D eigenvalue weighted by Crippen LogP contribution is -2.31. The zero-order valence-corrected chi connectivity index (χ0v) is 13.0. The molecule has 2 amide bonds. The molecule has 1 atom stereocenters. The Labute approximate surface area is 134 Å². The summed E-state index contributed by atoms with van der Waals surface area (Å²) in [6.45, 7) is 0.985. The Morgan fingerprint density at radius 2 is 2.21 bits per heavy atom. The first kappa shape index (κ1) is 16.0. The van der Waals surface area contributed by atoms with Crippen LogP contribution in [0.1, 0.15) is 41.4 Å². The average molecular weight is 339 g/mol. The van der Waals surface area contributed by atoms with Crippen LogP contribution in [0.2, 0.25) is 0 Å². The molecular weight excluding hydrogens is 324 g/mol. The van der Waals surface area contributed by atoms with E-state index in [9.17, 15) is 18.4 Å². The van der Waals surface area contributed by atoms with Gasteiger partial charge in [0.1, 0.15) is 17.3 Å². The van der Waals surface area contributed by atoms with Crippen LogP contribution in [0.25, 0.3) is 0 Å². The van der Waals surface area contributed by atoms with E-state index in [2.05, 4.69) is 20.3 Å². The van der Waals surface area contributed by atoms with Crippen molar-refractivity contribution in [2.24, 2.45) is 5.73 Å². The Morgan fingerprint density at radius 1 is 1.50 bits per heavy atom. The zero-order chi connectivity index (χ0) is 17.6. The highest BCUT2D eigenvalue weighted by Gasteiger charge is 2.36. The molecule has 0 fully saturated rings. The first-order valence-corrected chi connectivity index (χ1v) is 7.14. The van der Waals surface area contributed by atoms with Crippen molar-refractivity contribution in [1.82, 2.24) is 25.0 Å². The van der Waals surface area contributed by atoms with E-state index < -0.39 is 23.4 Å². The lowest BCUT2D eigenvalue weighted by Gasteiger charge is -2.17. The summed E-state index contributed by atoms with van der Waals surface area (Å²) >= 11 is 0. The van der Waals surface area contributed by atoms with Gasteiger partial charge in [0.05, 0.1) is 5.92 Å². The Balaban J connectivity index is 1.92. The van der Waals surface area contributed by atoms with Gasteiger partial charge in [-0.15, -0.1) is 5.10 Å². The van der Waals surface area contributed by atoms with E-state index in [1.54, 1.807) is 0 Å². The van der Waals surface area contributed by atoms with E-state index in [-0.39, 0.29) is 36.3 Å². The van der Waals surface area contributed by atoms with Crippen LogP contribution in [0.15, 0.2) is 6.07 Å². The first-order valence-electron chi connectivity index (χ1n) is 7.14. The number of H-pyrrole nitrogens is 1. The maximum absolute atomic E-state index is 13.4. The van der Waals surface area contributed by atoms with Crippen LogP contribution in [-0.4, -0.2) is 43.8 Å². The molecule has 128 valence electrons. The van der Waals surface area contributed by atoms with Gasteiger partial charge in [0.2, 0.25) is 11.7 Å². The summed E-state index contributed by atoms with van der Waals surface area (Å²) in [5, 5.41) is 10.1. The molecule has 0 saturated carbocycles. The number of carbonyl (C=O) groups is 2. The third kappa shape index (κ3) is 2.61. The fraction of sp³-hybridized carbons (Fsp3) is 0.462. The van der Waals surface area contributed by atoms with E-state index in [1.807, 2.05) is 0 Å². The molecule has 0 radical (unpaired) electrons. The van der Waals surface area contributed by atoms with Crippen LogP contribution < -0.4 is 10.6 Å². The van der Waals surface area contributed by atoms with Crippen molar-refractivity contribution in [2.75, 3.05) is 11.9 Å². The molecule has 0 spiro atoms. The Bertz CT molecular complexity index is 808. The maximum Gasteiger partial charge on any atom is 0.288 e. The van der Waals surface area contributed by atoms with Crippen molar-refractivity contribution >= 4 is 17.6 Å². The number of alkyl halides is 2. The zero-order valence-electron chi connectivity index (χ0n) is 13.0. The van der Waals surface area contributed by atoms with Gasteiger partial charge in [-0.3, -0.25) is 19.6 Å². The maximum atomic E-state index is 13.4. The number of nitrogens with two attached hydrogens (primary N) is 1. The summed E-state index contributed by atoms with van der Waals surface area (Å²) in [7, 11) is 1.47. The molecular formula is C13H15F2N7O2. The Morgan fingerprint density at radius 3 is 2.79 bits per heavy atom. The van der Waals surface area contributed by atoms with Gasteiger partial charge < -0.3 is 5.73 Å². The van der Waals surface area contributed by atoms with Gasteiger partial charge in [0, 0.05) is 26.6 Å². The minimum absolute atomic E-state index is 0.201. The minimum Gasteiger partial charge on any atom is -0.363 e. The number of rotatable bonds is 3. The van der Waals surface area contributed by atoms with E-state index >= 15 is 0 Å². The number of aromatic nitrogens is 5. The van der Waals surface area contributed by atoms with E-state index in [0.717, 1.165) is 6.92 Å². The van der Waals surface area contributed by atoms with E-state index in [0.29, 0.717) is 0 Å².